The molecule has 0 radical (unpaired) electrons. The monoisotopic (exact) mass is 206 g/mol. The molecule has 2 heteroatoms. The summed E-state index contributed by atoms with van der Waals surface area (Å²) in [7, 11) is 0. The zero-order valence-corrected chi connectivity index (χ0v) is 8.89. The predicted octanol–water partition coefficient (Wildman–Crippen LogP) is 2.66. The van der Waals surface area contributed by atoms with Gasteiger partial charge < -0.3 is 10.2 Å². The van der Waals surface area contributed by atoms with E-state index < -0.39 is 0 Å². The third kappa shape index (κ3) is 2.51. The molecule has 2 nitrogen and oxygen atoms in total. The van der Waals surface area contributed by atoms with Crippen LogP contribution in [0, 0.1) is 5.92 Å². The van der Waals surface area contributed by atoms with Gasteiger partial charge in [0.2, 0.25) is 0 Å². The molecule has 82 valence electrons. The lowest BCUT2D eigenvalue weighted by Crippen LogP contribution is -2.15. The third-order valence-corrected chi connectivity index (χ3v) is 3.47. The molecular weight excluding hydrogens is 188 g/mol. The van der Waals surface area contributed by atoms with Crippen LogP contribution < -0.4 is 0 Å². The van der Waals surface area contributed by atoms with E-state index in [9.17, 15) is 5.11 Å². The Morgan fingerprint density at radius 3 is 2.13 bits per heavy atom. The molecule has 2 rings (SSSR count). The Bertz CT molecular complexity index is 297. The molecule has 0 aromatic heterocycles. The number of benzene rings is 1. The number of rotatable bonds is 2. The first-order chi connectivity index (χ1) is 7.29. The lowest BCUT2D eigenvalue weighted by Gasteiger charge is -2.27. The molecule has 0 aliphatic heterocycles. The van der Waals surface area contributed by atoms with Crippen LogP contribution in [-0.2, 0) is 0 Å². The van der Waals surface area contributed by atoms with E-state index in [1.54, 1.807) is 12.1 Å². The summed E-state index contributed by atoms with van der Waals surface area (Å²) in [4.78, 5) is 0. The summed E-state index contributed by atoms with van der Waals surface area (Å²) in [6.45, 7) is 0.336. The van der Waals surface area contributed by atoms with Crippen LogP contribution >= 0.6 is 0 Å². The maximum atomic E-state index is 9.20. The molecule has 1 aromatic rings. The predicted molar refractivity (Wildman–Crippen MR) is 59.9 cm³/mol. The highest BCUT2D eigenvalue weighted by atomic mass is 16.3. The van der Waals surface area contributed by atoms with E-state index in [1.165, 1.54) is 5.56 Å². The minimum atomic E-state index is 0.336. The average molecular weight is 206 g/mol. The highest BCUT2D eigenvalue weighted by molar-refractivity contribution is 5.28. The van der Waals surface area contributed by atoms with Gasteiger partial charge in [0, 0.05) is 6.61 Å². The summed E-state index contributed by atoms with van der Waals surface area (Å²) in [5, 5.41) is 18.3. The molecule has 15 heavy (non-hydrogen) atoms. The summed E-state index contributed by atoms with van der Waals surface area (Å²) in [5.41, 5.74) is 1.32. The number of aromatic hydroxyl groups is 1. The standard InChI is InChI=1S/C13H18O2/c14-9-10-1-3-11(4-2-10)12-5-7-13(15)8-6-12/h5-8,10-11,14-15H,1-4,9H2. The first-order valence-electron chi connectivity index (χ1n) is 5.69. The van der Waals surface area contributed by atoms with Crippen LogP contribution in [0.1, 0.15) is 37.2 Å². The first kappa shape index (κ1) is 10.5. The number of aliphatic hydroxyl groups excluding tert-OH is 1. The Hall–Kier alpha value is -1.02. The number of hydrogen-bond acceptors (Lipinski definition) is 2. The van der Waals surface area contributed by atoms with E-state index in [4.69, 9.17) is 5.11 Å². The molecule has 0 unspecified atom stereocenters. The number of phenols is 1. The second-order valence-corrected chi connectivity index (χ2v) is 4.49. The van der Waals surface area contributed by atoms with E-state index in [1.807, 2.05) is 12.1 Å². The smallest absolute Gasteiger partial charge is 0.115 e. The van der Waals surface area contributed by atoms with Gasteiger partial charge in [-0.3, -0.25) is 0 Å². The Kier molecular flexibility index (Phi) is 3.27. The first-order valence-corrected chi connectivity index (χ1v) is 5.69. The van der Waals surface area contributed by atoms with E-state index in [-0.39, 0.29) is 0 Å². The van der Waals surface area contributed by atoms with Gasteiger partial charge in [0.15, 0.2) is 0 Å². The molecule has 1 saturated carbocycles. The zero-order valence-electron chi connectivity index (χ0n) is 8.89. The van der Waals surface area contributed by atoms with Crippen molar-refractivity contribution in [2.24, 2.45) is 5.92 Å². The molecule has 0 bridgehead atoms. The Labute approximate surface area is 90.6 Å². The normalized spacial score (nSPS) is 26.5. The van der Waals surface area contributed by atoms with Crippen molar-refractivity contribution in [2.45, 2.75) is 31.6 Å². The van der Waals surface area contributed by atoms with E-state index in [0.29, 0.717) is 24.2 Å². The molecule has 1 aromatic carbocycles. The fourth-order valence-electron chi connectivity index (χ4n) is 2.42. The van der Waals surface area contributed by atoms with Gasteiger partial charge in [-0.1, -0.05) is 12.1 Å². The lowest BCUT2D eigenvalue weighted by molar-refractivity contribution is 0.182. The van der Waals surface area contributed by atoms with Gasteiger partial charge in [-0.05, 0) is 55.2 Å². The average Bonchev–Trinajstić information content (AvgIpc) is 2.30. The molecule has 2 N–H and O–H groups in total. The fraction of sp³-hybridized carbons (Fsp3) is 0.538. The number of hydrogen-bond donors (Lipinski definition) is 2. The molecule has 0 saturated heterocycles. The summed E-state index contributed by atoms with van der Waals surface area (Å²) in [6, 6.07) is 7.54. The fourth-order valence-corrected chi connectivity index (χ4v) is 2.42. The van der Waals surface area contributed by atoms with Crippen LogP contribution in [0.3, 0.4) is 0 Å². The maximum absolute atomic E-state index is 9.20. The van der Waals surface area contributed by atoms with Crippen molar-refractivity contribution in [2.75, 3.05) is 6.61 Å². The second kappa shape index (κ2) is 4.67. The molecule has 0 atom stereocenters. The molecule has 0 heterocycles. The molecule has 1 fully saturated rings. The third-order valence-electron chi connectivity index (χ3n) is 3.47. The quantitative estimate of drug-likeness (QED) is 0.781. The minimum absolute atomic E-state index is 0.336. The van der Waals surface area contributed by atoms with Gasteiger partial charge in [0.05, 0.1) is 0 Å². The molecular formula is C13H18O2. The summed E-state index contributed by atoms with van der Waals surface area (Å²) >= 11 is 0. The zero-order chi connectivity index (χ0) is 10.7. The van der Waals surface area contributed by atoms with Crippen LogP contribution in [0.2, 0.25) is 0 Å². The largest absolute Gasteiger partial charge is 0.508 e. The highest BCUT2D eigenvalue weighted by Crippen LogP contribution is 2.35. The van der Waals surface area contributed by atoms with Crippen LogP contribution in [0.15, 0.2) is 24.3 Å². The van der Waals surface area contributed by atoms with Crippen LogP contribution in [-0.4, -0.2) is 16.8 Å². The van der Waals surface area contributed by atoms with Gasteiger partial charge in [-0.15, -0.1) is 0 Å². The molecule has 1 aliphatic carbocycles. The highest BCUT2D eigenvalue weighted by Gasteiger charge is 2.21. The van der Waals surface area contributed by atoms with Gasteiger partial charge in [-0.2, -0.15) is 0 Å². The van der Waals surface area contributed by atoms with Crippen LogP contribution in [0.25, 0.3) is 0 Å². The van der Waals surface area contributed by atoms with Crippen molar-refractivity contribution >= 4 is 0 Å². The van der Waals surface area contributed by atoms with Crippen molar-refractivity contribution in [3.8, 4) is 5.75 Å². The van der Waals surface area contributed by atoms with Crippen molar-refractivity contribution in [1.82, 2.24) is 0 Å². The van der Waals surface area contributed by atoms with Gasteiger partial charge in [0.25, 0.3) is 0 Å². The van der Waals surface area contributed by atoms with Crippen molar-refractivity contribution in [3.63, 3.8) is 0 Å². The Morgan fingerprint density at radius 1 is 1.00 bits per heavy atom. The van der Waals surface area contributed by atoms with E-state index in [0.717, 1.165) is 25.7 Å². The number of aliphatic hydroxyl groups is 1. The Balaban J connectivity index is 1.98. The summed E-state index contributed by atoms with van der Waals surface area (Å²) in [5.74, 6) is 1.47. The van der Waals surface area contributed by atoms with Crippen LogP contribution in [0.5, 0.6) is 5.75 Å². The molecule has 1 aliphatic rings. The SMILES string of the molecule is OCC1CCC(c2ccc(O)cc2)CC1. The summed E-state index contributed by atoms with van der Waals surface area (Å²) in [6.07, 6.45) is 4.58. The van der Waals surface area contributed by atoms with Gasteiger partial charge in [-0.25, -0.2) is 0 Å². The molecule has 0 amide bonds. The van der Waals surface area contributed by atoms with E-state index >= 15 is 0 Å². The lowest BCUT2D eigenvalue weighted by atomic mass is 9.79. The van der Waals surface area contributed by atoms with E-state index in [2.05, 4.69) is 0 Å². The van der Waals surface area contributed by atoms with Gasteiger partial charge >= 0.3 is 0 Å². The maximum Gasteiger partial charge on any atom is 0.115 e. The van der Waals surface area contributed by atoms with Crippen LogP contribution in [0.4, 0.5) is 0 Å². The van der Waals surface area contributed by atoms with Gasteiger partial charge in [0.1, 0.15) is 5.75 Å². The van der Waals surface area contributed by atoms with Crippen molar-refractivity contribution in [1.29, 1.82) is 0 Å². The number of phenolic OH excluding ortho intramolecular Hbond substituents is 1. The second-order valence-electron chi connectivity index (χ2n) is 4.49. The summed E-state index contributed by atoms with van der Waals surface area (Å²) < 4.78 is 0. The molecule has 0 spiro atoms. The van der Waals surface area contributed by atoms with Crippen molar-refractivity contribution in [3.05, 3.63) is 29.8 Å². The van der Waals surface area contributed by atoms with Crippen molar-refractivity contribution < 1.29 is 10.2 Å². The topological polar surface area (TPSA) is 40.5 Å². The Morgan fingerprint density at radius 2 is 1.60 bits per heavy atom. The minimum Gasteiger partial charge on any atom is -0.508 e.